The van der Waals surface area contributed by atoms with Crippen molar-refractivity contribution in [2.75, 3.05) is 13.1 Å². The van der Waals surface area contributed by atoms with Crippen molar-refractivity contribution in [2.45, 2.75) is 84.4 Å². The number of carbonyl (C=O) groups is 1. The summed E-state index contributed by atoms with van der Waals surface area (Å²) in [6.07, 6.45) is 9.94. The van der Waals surface area contributed by atoms with Crippen molar-refractivity contribution in [3.8, 4) is 0 Å². The van der Waals surface area contributed by atoms with Gasteiger partial charge in [0.05, 0.1) is 17.2 Å². The first-order valence-electron chi connectivity index (χ1n) is 12.8. The van der Waals surface area contributed by atoms with Crippen LogP contribution in [0.5, 0.6) is 0 Å². The predicted octanol–water partition coefficient (Wildman–Crippen LogP) is 5.08. The smallest absolute Gasteiger partial charge is 0.410 e. The number of likely N-dealkylation sites (tertiary alicyclic amines) is 1. The number of carbonyl (C=O) groups excluding carboxylic acids is 1. The van der Waals surface area contributed by atoms with E-state index in [0.717, 1.165) is 54.2 Å². The molecule has 184 valence electrons. The normalized spacial score (nSPS) is 24.1. The van der Waals surface area contributed by atoms with Crippen molar-refractivity contribution >= 4 is 28.2 Å². The highest BCUT2D eigenvalue weighted by molar-refractivity contribution is 6.01. The molecule has 8 heteroatoms. The van der Waals surface area contributed by atoms with E-state index in [-0.39, 0.29) is 23.7 Å². The van der Waals surface area contributed by atoms with Crippen LogP contribution in [0.2, 0.25) is 0 Å². The van der Waals surface area contributed by atoms with Gasteiger partial charge in [0, 0.05) is 37.3 Å². The number of ether oxygens (including phenoxy) is 1. The molecular weight excluding hydrogens is 430 g/mol. The monoisotopic (exact) mass is 467 g/mol. The van der Waals surface area contributed by atoms with E-state index in [0.29, 0.717) is 25.6 Å². The molecule has 5 rings (SSSR count). The Balaban J connectivity index is 1.51. The lowest BCUT2D eigenvalue weighted by Crippen LogP contribution is -2.44. The van der Waals surface area contributed by atoms with Crippen LogP contribution in [-0.4, -0.2) is 48.8 Å². The second-order valence-corrected chi connectivity index (χ2v) is 11.3. The van der Waals surface area contributed by atoms with E-state index < -0.39 is 5.60 Å². The van der Waals surface area contributed by atoms with Crippen LogP contribution >= 0.6 is 0 Å². The van der Waals surface area contributed by atoms with Crippen LogP contribution in [-0.2, 0) is 11.3 Å². The third kappa shape index (κ3) is 4.23. The first-order valence-corrected chi connectivity index (χ1v) is 12.8. The average Bonchev–Trinajstić information content (AvgIpc) is 3.36. The average molecular weight is 468 g/mol. The molecule has 1 unspecified atom stereocenters. The summed E-state index contributed by atoms with van der Waals surface area (Å²) in [5, 5.41) is 1.00. The Morgan fingerprint density at radius 1 is 1.21 bits per heavy atom. The quantitative estimate of drug-likeness (QED) is 0.582. The lowest BCUT2D eigenvalue weighted by Gasteiger charge is -2.34. The Morgan fingerprint density at radius 2 is 2.00 bits per heavy atom. The summed E-state index contributed by atoms with van der Waals surface area (Å²) in [6.45, 7) is 9.83. The van der Waals surface area contributed by atoms with Crippen molar-refractivity contribution in [2.24, 2.45) is 11.8 Å². The van der Waals surface area contributed by atoms with Gasteiger partial charge in [0.2, 0.25) is 0 Å². The second kappa shape index (κ2) is 8.78. The van der Waals surface area contributed by atoms with E-state index in [2.05, 4.69) is 21.5 Å². The van der Waals surface area contributed by atoms with Gasteiger partial charge in [-0.05, 0) is 64.4 Å². The van der Waals surface area contributed by atoms with Crippen molar-refractivity contribution in [3.05, 3.63) is 28.9 Å². The molecule has 2 fully saturated rings. The minimum absolute atomic E-state index is 0.0543. The SMILES string of the molecule is C[C@@H]1CCCC[C@@H]1n1c(=O)n(CC2CCCN(C(=O)OC(C)(C)C)C2)c2cnc3[nH]ccc3c21. The number of H-pyrrole nitrogens is 1. The number of pyridine rings is 1. The van der Waals surface area contributed by atoms with Gasteiger partial charge in [0.15, 0.2) is 0 Å². The van der Waals surface area contributed by atoms with E-state index in [1.54, 1.807) is 4.90 Å². The number of imidazole rings is 1. The Morgan fingerprint density at radius 3 is 2.76 bits per heavy atom. The molecule has 1 aliphatic heterocycles. The molecule has 1 amide bonds. The van der Waals surface area contributed by atoms with Crippen molar-refractivity contribution < 1.29 is 9.53 Å². The summed E-state index contributed by atoms with van der Waals surface area (Å²) >= 11 is 0. The number of fused-ring (bicyclic) bond motifs is 3. The lowest BCUT2D eigenvalue weighted by atomic mass is 9.85. The molecule has 1 saturated heterocycles. The number of aromatic nitrogens is 4. The summed E-state index contributed by atoms with van der Waals surface area (Å²) in [4.78, 5) is 36.2. The maximum atomic E-state index is 14.0. The Hall–Kier alpha value is -2.77. The number of amides is 1. The van der Waals surface area contributed by atoms with Gasteiger partial charge in [0.1, 0.15) is 11.2 Å². The first-order chi connectivity index (χ1) is 16.2. The molecule has 3 atom stereocenters. The highest BCUT2D eigenvalue weighted by Crippen LogP contribution is 2.36. The highest BCUT2D eigenvalue weighted by Gasteiger charge is 2.31. The van der Waals surface area contributed by atoms with Gasteiger partial charge < -0.3 is 14.6 Å². The third-order valence-corrected chi connectivity index (χ3v) is 7.52. The van der Waals surface area contributed by atoms with E-state index in [9.17, 15) is 9.59 Å². The fourth-order valence-corrected chi connectivity index (χ4v) is 5.89. The number of nitrogens with zero attached hydrogens (tertiary/aromatic N) is 4. The minimum atomic E-state index is -0.515. The Kier molecular flexibility index (Phi) is 5.94. The van der Waals surface area contributed by atoms with Gasteiger partial charge >= 0.3 is 11.8 Å². The van der Waals surface area contributed by atoms with E-state index >= 15 is 0 Å². The lowest BCUT2D eigenvalue weighted by molar-refractivity contribution is 0.0157. The highest BCUT2D eigenvalue weighted by atomic mass is 16.6. The maximum Gasteiger partial charge on any atom is 0.410 e. The van der Waals surface area contributed by atoms with Crippen LogP contribution in [0.1, 0.15) is 72.3 Å². The summed E-state index contributed by atoms with van der Waals surface area (Å²) in [6, 6.07) is 2.23. The standard InChI is InChI=1S/C26H37N5O3/c1-17-8-5-6-10-20(17)31-22-19-11-12-27-23(19)28-14-21(22)30(24(31)32)16-18-9-7-13-29(15-18)25(33)34-26(2,3)4/h11-12,14,17-18,20H,5-10,13,15-16H2,1-4H3,(H,27,28)/t17-,18?,20+/m1/s1. The second-order valence-electron chi connectivity index (χ2n) is 11.3. The van der Waals surface area contributed by atoms with Crippen LogP contribution in [0.3, 0.4) is 0 Å². The van der Waals surface area contributed by atoms with Gasteiger partial charge in [-0.25, -0.2) is 14.6 Å². The number of rotatable bonds is 3. The van der Waals surface area contributed by atoms with E-state index in [4.69, 9.17) is 4.74 Å². The van der Waals surface area contributed by atoms with Crippen LogP contribution < -0.4 is 5.69 Å². The Bertz CT molecular complexity index is 1250. The van der Waals surface area contributed by atoms with Crippen LogP contribution in [0.15, 0.2) is 23.3 Å². The zero-order valence-corrected chi connectivity index (χ0v) is 20.8. The molecule has 0 aromatic carbocycles. The van der Waals surface area contributed by atoms with Crippen molar-refractivity contribution in [3.63, 3.8) is 0 Å². The van der Waals surface area contributed by atoms with Crippen LogP contribution in [0.4, 0.5) is 4.79 Å². The summed E-state index contributed by atoms with van der Waals surface area (Å²) < 4.78 is 9.58. The molecule has 8 nitrogen and oxygen atoms in total. The molecule has 0 radical (unpaired) electrons. The third-order valence-electron chi connectivity index (χ3n) is 7.52. The number of nitrogens with one attached hydrogen (secondary N) is 1. The molecular formula is C26H37N5O3. The number of hydrogen-bond donors (Lipinski definition) is 1. The van der Waals surface area contributed by atoms with Crippen molar-refractivity contribution in [1.82, 2.24) is 24.0 Å². The molecule has 3 aromatic rings. The predicted molar refractivity (Wildman–Crippen MR) is 133 cm³/mol. The molecule has 3 aromatic heterocycles. The molecule has 0 bridgehead atoms. The first kappa shape index (κ1) is 23.0. The van der Waals surface area contributed by atoms with Crippen LogP contribution in [0.25, 0.3) is 22.1 Å². The molecule has 1 aliphatic carbocycles. The van der Waals surface area contributed by atoms with Gasteiger partial charge in [0.25, 0.3) is 0 Å². The minimum Gasteiger partial charge on any atom is -0.444 e. The fourth-order valence-electron chi connectivity index (χ4n) is 5.89. The zero-order valence-electron chi connectivity index (χ0n) is 20.8. The summed E-state index contributed by atoms with van der Waals surface area (Å²) in [5.41, 5.74) is 2.24. The van der Waals surface area contributed by atoms with Gasteiger partial charge in [-0.3, -0.25) is 9.13 Å². The number of piperidine rings is 1. The van der Waals surface area contributed by atoms with Crippen LogP contribution in [0, 0.1) is 11.8 Å². The Labute approximate surface area is 200 Å². The molecule has 34 heavy (non-hydrogen) atoms. The fraction of sp³-hybridized carbons (Fsp3) is 0.654. The molecule has 0 spiro atoms. The molecule has 1 saturated carbocycles. The molecule has 4 heterocycles. The summed E-state index contributed by atoms with van der Waals surface area (Å²) in [7, 11) is 0. The van der Waals surface area contributed by atoms with Gasteiger partial charge in [-0.1, -0.05) is 19.8 Å². The maximum absolute atomic E-state index is 14.0. The number of hydrogen-bond acceptors (Lipinski definition) is 4. The largest absolute Gasteiger partial charge is 0.444 e. The van der Waals surface area contributed by atoms with Gasteiger partial charge in [-0.2, -0.15) is 0 Å². The molecule has 1 N–H and O–H groups in total. The van der Waals surface area contributed by atoms with Gasteiger partial charge in [-0.15, -0.1) is 0 Å². The topological polar surface area (TPSA) is 85.2 Å². The summed E-state index contributed by atoms with van der Waals surface area (Å²) in [5.74, 6) is 0.661. The zero-order chi connectivity index (χ0) is 24.0. The molecule has 2 aliphatic rings. The van der Waals surface area contributed by atoms with E-state index in [1.165, 1.54) is 6.42 Å². The van der Waals surface area contributed by atoms with Crippen molar-refractivity contribution in [1.29, 1.82) is 0 Å². The van der Waals surface area contributed by atoms with E-state index in [1.807, 2.05) is 43.8 Å². The number of aromatic amines is 1.